The van der Waals surface area contributed by atoms with Crippen LogP contribution < -0.4 is 10.5 Å². The second kappa shape index (κ2) is 7.33. The average molecular weight is 343 g/mol. The molecular weight excluding hydrogens is 322 g/mol. The number of primary amides is 1. The van der Waals surface area contributed by atoms with Gasteiger partial charge in [-0.05, 0) is 30.9 Å². The van der Waals surface area contributed by atoms with Crippen LogP contribution in [0, 0.1) is 5.92 Å². The van der Waals surface area contributed by atoms with Crippen LogP contribution in [0.15, 0.2) is 24.3 Å². The van der Waals surface area contributed by atoms with Crippen molar-refractivity contribution in [1.29, 1.82) is 0 Å². The lowest BCUT2D eigenvalue weighted by atomic mass is 9.99. The van der Waals surface area contributed by atoms with Crippen LogP contribution in [-0.2, 0) is 4.79 Å². The van der Waals surface area contributed by atoms with Crippen molar-refractivity contribution in [3.05, 3.63) is 30.0 Å². The second-order valence-electron chi connectivity index (χ2n) is 6.23. The number of benzene rings is 1. The van der Waals surface area contributed by atoms with Crippen molar-refractivity contribution in [2.75, 3.05) is 19.7 Å². The molecule has 0 bridgehead atoms. The van der Waals surface area contributed by atoms with Gasteiger partial charge in [-0.15, -0.1) is 0 Å². The van der Waals surface area contributed by atoms with Gasteiger partial charge in [-0.2, -0.15) is 15.4 Å². The predicted molar refractivity (Wildman–Crippen MR) is 90.8 cm³/mol. The van der Waals surface area contributed by atoms with Gasteiger partial charge in [0.1, 0.15) is 11.4 Å². The minimum Gasteiger partial charge on any atom is -0.483 e. The number of aromatic nitrogens is 3. The molecule has 0 saturated carbocycles. The lowest BCUT2D eigenvalue weighted by Gasteiger charge is -2.30. The zero-order valence-electron chi connectivity index (χ0n) is 14.1. The molecule has 0 atom stereocenters. The maximum Gasteiger partial charge on any atom is 0.271 e. The summed E-state index contributed by atoms with van der Waals surface area (Å²) in [5.74, 6) is 0.386. The van der Waals surface area contributed by atoms with Crippen molar-refractivity contribution < 1.29 is 14.3 Å². The molecule has 132 valence electrons. The van der Waals surface area contributed by atoms with E-state index in [1.54, 1.807) is 24.3 Å². The van der Waals surface area contributed by atoms with E-state index in [4.69, 9.17) is 10.5 Å². The zero-order chi connectivity index (χ0) is 17.8. The number of hydrogen-bond donors (Lipinski definition) is 2. The highest BCUT2D eigenvalue weighted by atomic mass is 16.5. The van der Waals surface area contributed by atoms with Gasteiger partial charge in [0.05, 0.1) is 0 Å². The van der Waals surface area contributed by atoms with E-state index in [0.717, 1.165) is 25.9 Å². The number of piperidine rings is 1. The van der Waals surface area contributed by atoms with Crippen molar-refractivity contribution >= 4 is 11.8 Å². The van der Waals surface area contributed by atoms with Gasteiger partial charge in [0.15, 0.2) is 12.3 Å². The quantitative estimate of drug-likeness (QED) is 0.847. The molecule has 2 amide bonds. The molecule has 1 fully saturated rings. The summed E-state index contributed by atoms with van der Waals surface area (Å²) >= 11 is 0. The monoisotopic (exact) mass is 343 g/mol. The summed E-state index contributed by atoms with van der Waals surface area (Å²) in [6, 6.07) is 7.04. The normalized spacial score (nSPS) is 15.2. The third-order valence-electron chi connectivity index (χ3n) is 4.41. The number of ether oxygens (including phenoxy) is 1. The molecule has 8 heteroatoms. The molecule has 8 nitrogen and oxygen atoms in total. The van der Waals surface area contributed by atoms with Crippen molar-refractivity contribution in [2.24, 2.45) is 11.7 Å². The summed E-state index contributed by atoms with van der Waals surface area (Å²) in [5.41, 5.74) is 6.22. The Morgan fingerprint density at radius 1 is 1.28 bits per heavy atom. The van der Waals surface area contributed by atoms with Crippen LogP contribution >= 0.6 is 0 Å². The van der Waals surface area contributed by atoms with E-state index in [2.05, 4.69) is 22.3 Å². The Kier molecular flexibility index (Phi) is 4.97. The summed E-state index contributed by atoms with van der Waals surface area (Å²) in [7, 11) is 0. The smallest absolute Gasteiger partial charge is 0.271 e. The van der Waals surface area contributed by atoms with E-state index in [1.165, 1.54) is 0 Å². The number of hydrogen-bond acceptors (Lipinski definition) is 5. The van der Waals surface area contributed by atoms with E-state index in [-0.39, 0.29) is 18.2 Å². The summed E-state index contributed by atoms with van der Waals surface area (Å²) < 4.78 is 5.71. The largest absolute Gasteiger partial charge is 0.483 e. The molecular formula is C17H21N5O3. The number of nitrogens with zero attached hydrogens (tertiary/aromatic N) is 3. The van der Waals surface area contributed by atoms with Gasteiger partial charge in [-0.3, -0.25) is 9.59 Å². The Morgan fingerprint density at radius 3 is 2.72 bits per heavy atom. The number of amides is 2. The molecule has 0 spiro atoms. The molecule has 1 aromatic heterocycles. The molecule has 3 N–H and O–H groups in total. The third-order valence-corrected chi connectivity index (χ3v) is 4.41. The van der Waals surface area contributed by atoms with E-state index in [9.17, 15) is 9.59 Å². The number of nitrogens with one attached hydrogen (secondary N) is 1. The number of H-pyrrole nitrogens is 1. The molecule has 0 aliphatic carbocycles. The average Bonchev–Trinajstić information content (AvgIpc) is 3.10. The zero-order valence-corrected chi connectivity index (χ0v) is 14.1. The van der Waals surface area contributed by atoms with Gasteiger partial charge in [0, 0.05) is 18.7 Å². The molecule has 2 heterocycles. The van der Waals surface area contributed by atoms with Crippen molar-refractivity contribution in [2.45, 2.75) is 19.8 Å². The predicted octanol–water partition coefficient (Wildman–Crippen LogP) is 1.21. The van der Waals surface area contributed by atoms with Gasteiger partial charge in [-0.25, -0.2) is 0 Å². The van der Waals surface area contributed by atoms with Crippen LogP contribution in [0.2, 0.25) is 0 Å². The fourth-order valence-corrected chi connectivity index (χ4v) is 2.87. The number of nitrogens with two attached hydrogens (primary N) is 1. The number of carbonyl (C=O) groups excluding carboxylic acids is 2. The maximum absolute atomic E-state index is 12.3. The van der Waals surface area contributed by atoms with Crippen LogP contribution in [0.5, 0.6) is 5.75 Å². The van der Waals surface area contributed by atoms with E-state index < -0.39 is 5.91 Å². The molecule has 1 saturated heterocycles. The number of rotatable bonds is 5. The van der Waals surface area contributed by atoms with Gasteiger partial charge < -0.3 is 15.4 Å². The lowest BCUT2D eigenvalue weighted by Crippen LogP contribution is -2.40. The molecule has 1 aliphatic heterocycles. The minimum absolute atomic E-state index is 0.0346. The Bertz CT molecular complexity index is 765. The van der Waals surface area contributed by atoms with Crippen LogP contribution in [0.25, 0.3) is 11.3 Å². The minimum atomic E-state index is -0.683. The van der Waals surface area contributed by atoms with Crippen molar-refractivity contribution in [3.8, 4) is 17.0 Å². The number of para-hydroxylation sites is 1. The first-order valence-corrected chi connectivity index (χ1v) is 8.26. The molecule has 3 rings (SSSR count). The fraction of sp³-hybridized carbons (Fsp3) is 0.412. The first-order valence-electron chi connectivity index (χ1n) is 8.26. The maximum atomic E-state index is 12.3. The van der Waals surface area contributed by atoms with Crippen LogP contribution in [0.4, 0.5) is 0 Å². The van der Waals surface area contributed by atoms with Gasteiger partial charge in [-0.1, -0.05) is 19.1 Å². The third kappa shape index (κ3) is 3.78. The Labute approximate surface area is 145 Å². The summed E-state index contributed by atoms with van der Waals surface area (Å²) in [6.45, 7) is 3.66. The van der Waals surface area contributed by atoms with Crippen molar-refractivity contribution in [1.82, 2.24) is 20.3 Å². The summed E-state index contributed by atoms with van der Waals surface area (Å²) in [4.78, 5) is 25.6. The van der Waals surface area contributed by atoms with Crippen LogP contribution in [0.1, 0.15) is 30.3 Å². The second-order valence-corrected chi connectivity index (χ2v) is 6.23. The van der Waals surface area contributed by atoms with Crippen LogP contribution in [-0.4, -0.2) is 51.8 Å². The molecule has 1 aromatic carbocycles. The molecule has 2 aromatic rings. The van der Waals surface area contributed by atoms with E-state index in [1.807, 2.05) is 4.90 Å². The Balaban J connectivity index is 1.72. The molecule has 0 unspecified atom stereocenters. The highest BCUT2D eigenvalue weighted by molar-refractivity contribution is 5.97. The Morgan fingerprint density at radius 2 is 2.00 bits per heavy atom. The molecule has 25 heavy (non-hydrogen) atoms. The van der Waals surface area contributed by atoms with Gasteiger partial charge >= 0.3 is 0 Å². The highest BCUT2D eigenvalue weighted by Gasteiger charge is 2.22. The summed E-state index contributed by atoms with van der Waals surface area (Å²) in [5, 5.41) is 10.1. The number of carbonyl (C=O) groups is 2. The lowest BCUT2D eigenvalue weighted by molar-refractivity contribution is -0.134. The Hall–Kier alpha value is -2.90. The van der Waals surface area contributed by atoms with Gasteiger partial charge in [0.2, 0.25) is 0 Å². The molecule has 0 radical (unpaired) electrons. The highest BCUT2D eigenvalue weighted by Crippen LogP contribution is 2.30. The van der Waals surface area contributed by atoms with E-state index >= 15 is 0 Å². The van der Waals surface area contributed by atoms with Crippen LogP contribution in [0.3, 0.4) is 0 Å². The SMILES string of the molecule is CC1CCN(C(=O)COc2ccccc2-c2n[nH]nc2C(N)=O)CC1. The van der Waals surface area contributed by atoms with Crippen molar-refractivity contribution in [3.63, 3.8) is 0 Å². The number of aromatic amines is 1. The molecule has 1 aliphatic rings. The standard InChI is InChI=1S/C17H21N5O3/c1-11-6-8-22(9-7-11)14(23)10-25-13-5-3-2-4-12(13)15-16(17(18)24)20-21-19-15/h2-5,11H,6-10H2,1H3,(H2,18,24)(H,19,20,21). The first-order chi connectivity index (χ1) is 12.1. The van der Waals surface area contributed by atoms with Gasteiger partial charge in [0.25, 0.3) is 11.8 Å². The van der Waals surface area contributed by atoms with E-state index in [0.29, 0.717) is 22.9 Å². The number of likely N-dealkylation sites (tertiary alicyclic amines) is 1. The first kappa shape index (κ1) is 16.9. The summed E-state index contributed by atoms with van der Waals surface area (Å²) in [6.07, 6.45) is 2.03. The topological polar surface area (TPSA) is 114 Å². The fourth-order valence-electron chi connectivity index (χ4n) is 2.87.